The second kappa shape index (κ2) is 11.0. The average Bonchev–Trinajstić information content (AvgIpc) is 2.70. The van der Waals surface area contributed by atoms with Crippen molar-refractivity contribution in [1.29, 1.82) is 0 Å². The number of para-hydroxylation sites is 2. The van der Waals surface area contributed by atoms with E-state index in [-0.39, 0.29) is 11.7 Å². The second-order valence-electron chi connectivity index (χ2n) is 6.41. The van der Waals surface area contributed by atoms with Crippen LogP contribution in [-0.2, 0) is 4.79 Å². The molecule has 0 saturated carbocycles. The fraction of sp³-hybridized carbons (Fsp3) is 0.364. The van der Waals surface area contributed by atoms with Crippen molar-refractivity contribution >= 4 is 23.1 Å². The highest BCUT2D eigenvalue weighted by Crippen LogP contribution is 2.20. The zero-order chi connectivity index (χ0) is 19.5. The van der Waals surface area contributed by atoms with Crippen molar-refractivity contribution in [1.82, 2.24) is 0 Å². The minimum atomic E-state index is 0.0204. The molecule has 144 valence electrons. The Labute approximate surface area is 161 Å². The molecule has 0 radical (unpaired) electrons. The minimum absolute atomic E-state index is 0.0204. The molecule has 2 rings (SSSR count). The van der Waals surface area contributed by atoms with Crippen LogP contribution in [0.15, 0.2) is 48.5 Å². The summed E-state index contributed by atoms with van der Waals surface area (Å²) in [4.78, 5) is 24.2. The summed E-state index contributed by atoms with van der Waals surface area (Å²) in [6.45, 7) is 0. The van der Waals surface area contributed by atoms with E-state index in [9.17, 15) is 9.59 Å². The predicted molar refractivity (Wildman–Crippen MR) is 110 cm³/mol. The van der Waals surface area contributed by atoms with Crippen LogP contribution < -0.4 is 15.4 Å². The molecular weight excluding hydrogens is 340 g/mol. The average molecular weight is 368 g/mol. The Kier molecular flexibility index (Phi) is 8.36. The minimum Gasteiger partial charge on any atom is -0.497 e. The van der Waals surface area contributed by atoms with Gasteiger partial charge in [0.25, 0.3) is 0 Å². The summed E-state index contributed by atoms with van der Waals surface area (Å²) in [7, 11) is 3.44. The Morgan fingerprint density at radius 1 is 0.852 bits per heavy atom. The summed E-state index contributed by atoms with van der Waals surface area (Å²) in [6.07, 6.45) is 4.58. The van der Waals surface area contributed by atoms with E-state index >= 15 is 0 Å². The van der Waals surface area contributed by atoms with Crippen molar-refractivity contribution in [2.24, 2.45) is 0 Å². The number of hydrogen-bond donors (Lipinski definition) is 2. The molecule has 2 aromatic carbocycles. The molecule has 0 saturated heterocycles. The maximum atomic E-state index is 12.1. The standard InChI is InChI=1S/C22H28N2O3/c1-23-19-9-7-8-10-20(19)24-22(26)12-6-4-3-5-11-21(25)17-13-15-18(27-2)16-14-17/h7-10,13-16,23H,3-6,11-12H2,1-2H3,(H,24,26). The van der Waals surface area contributed by atoms with Crippen LogP contribution in [0.1, 0.15) is 48.9 Å². The fourth-order valence-corrected chi connectivity index (χ4v) is 2.87. The van der Waals surface area contributed by atoms with Gasteiger partial charge in [-0.1, -0.05) is 25.0 Å². The molecule has 0 bridgehead atoms. The van der Waals surface area contributed by atoms with Crippen molar-refractivity contribution < 1.29 is 14.3 Å². The first kappa shape index (κ1) is 20.5. The SMILES string of the molecule is CNc1ccccc1NC(=O)CCCCCCC(=O)c1ccc(OC)cc1. The molecule has 0 aliphatic carbocycles. The van der Waals surface area contributed by atoms with Crippen LogP contribution in [-0.4, -0.2) is 25.8 Å². The van der Waals surface area contributed by atoms with Crippen LogP contribution in [0.4, 0.5) is 11.4 Å². The number of carbonyl (C=O) groups is 2. The normalized spacial score (nSPS) is 10.3. The third-order valence-corrected chi connectivity index (χ3v) is 4.44. The van der Waals surface area contributed by atoms with Crippen LogP contribution in [0.25, 0.3) is 0 Å². The lowest BCUT2D eigenvalue weighted by molar-refractivity contribution is -0.116. The van der Waals surface area contributed by atoms with Gasteiger partial charge in [-0.05, 0) is 49.2 Å². The van der Waals surface area contributed by atoms with Crippen LogP contribution in [0.2, 0.25) is 0 Å². The second-order valence-corrected chi connectivity index (χ2v) is 6.41. The highest BCUT2D eigenvalue weighted by molar-refractivity contribution is 5.96. The molecule has 0 unspecified atom stereocenters. The van der Waals surface area contributed by atoms with E-state index in [4.69, 9.17) is 4.74 Å². The molecule has 0 aromatic heterocycles. The molecule has 2 aromatic rings. The van der Waals surface area contributed by atoms with Gasteiger partial charge >= 0.3 is 0 Å². The summed E-state index contributed by atoms with van der Waals surface area (Å²) in [5, 5.41) is 6.00. The number of amides is 1. The van der Waals surface area contributed by atoms with Gasteiger partial charge in [0.15, 0.2) is 5.78 Å². The maximum absolute atomic E-state index is 12.1. The van der Waals surface area contributed by atoms with Crippen molar-refractivity contribution in [2.75, 3.05) is 24.8 Å². The zero-order valence-electron chi connectivity index (χ0n) is 16.1. The number of unbranched alkanes of at least 4 members (excludes halogenated alkanes) is 3. The summed E-state index contributed by atoms with van der Waals surface area (Å²) in [5.74, 6) is 0.924. The van der Waals surface area contributed by atoms with Gasteiger partial charge in [0.1, 0.15) is 5.75 Å². The quantitative estimate of drug-likeness (QED) is 0.437. The van der Waals surface area contributed by atoms with E-state index in [1.165, 1.54) is 0 Å². The predicted octanol–water partition coefficient (Wildman–Crippen LogP) is 4.90. The van der Waals surface area contributed by atoms with Gasteiger partial charge in [0.2, 0.25) is 5.91 Å². The van der Waals surface area contributed by atoms with E-state index < -0.39 is 0 Å². The Bertz CT molecular complexity index is 741. The van der Waals surface area contributed by atoms with Gasteiger partial charge in [-0.15, -0.1) is 0 Å². The summed E-state index contributed by atoms with van der Waals surface area (Å²) in [6, 6.07) is 14.8. The topological polar surface area (TPSA) is 67.4 Å². The molecule has 0 heterocycles. The molecule has 0 aliphatic heterocycles. The molecule has 5 nitrogen and oxygen atoms in total. The van der Waals surface area contributed by atoms with Crippen LogP contribution >= 0.6 is 0 Å². The molecule has 0 spiro atoms. The van der Waals surface area contributed by atoms with Gasteiger partial charge in [0.05, 0.1) is 18.5 Å². The van der Waals surface area contributed by atoms with E-state index in [0.29, 0.717) is 12.8 Å². The molecule has 5 heteroatoms. The maximum Gasteiger partial charge on any atom is 0.224 e. The lowest BCUT2D eigenvalue weighted by atomic mass is 10.0. The molecule has 0 fully saturated rings. The molecule has 0 aliphatic rings. The highest BCUT2D eigenvalue weighted by atomic mass is 16.5. The number of carbonyl (C=O) groups excluding carboxylic acids is 2. The van der Waals surface area contributed by atoms with E-state index in [1.807, 2.05) is 31.3 Å². The zero-order valence-corrected chi connectivity index (χ0v) is 16.1. The van der Waals surface area contributed by atoms with Crippen molar-refractivity contribution in [3.05, 3.63) is 54.1 Å². The van der Waals surface area contributed by atoms with E-state index in [1.54, 1.807) is 31.4 Å². The lowest BCUT2D eigenvalue weighted by Gasteiger charge is -2.10. The van der Waals surface area contributed by atoms with Crippen LogP contribution in [0.3, 0.4) is 0 Å². The molecule has 2 N–H and O–H groups in total. The Morgan fingerprint density at radius 3 is 2.11 bits per heavy atom. The largest absolute Gasteiger partial charge is 0.497 e. The first-order chi connectivity index (χ1) is 13.1. The number of anilines is 2. The van der Waals surface area contributed by atoms with Gasteiger partial charge in [-0.2, -0.15) is 0 Å². The van der Waals surface area contributed by atoms with Crippen molar-refractivity contribution in [3.8, 4) is 5.75 Å². The van der Waals surface area contributed by atoms with Gasteiger partial charge in [-0.3, -0.25) is 9.59 Å². The number of Topliss-reactive ketones (excluding diaryl/α,β-unsaturated/α-hetero) is 1. The number of nitrogens with one attached hydrogen (secondary N) is 2. The first-order valence-electron chi connectivity index (χ1n) is 9.38. The highest BCUT2D eigenvalue weighted by Gasteiger charge is 2.07. The van der Waals surface area contributed by atoms with E-state index in [0.717, 1.165) is 48.4 Å². The van der Waals surface area contributed by atoms with Crippen molar-refractivity contribution in [3.63, 3.8) is 0 Å². The molecule has 1 amide bonds. The first-order valence-corrected chi connectivity index (χ1v) is 9.38. The Balaban J connectivity index is 1.61. The molecule has 27 heavy (non-hydrogen) atoms. The van der Waals surface area contributed by atoms with Gasteiger partial charge in [0, 0.05) is 25.5 Å². The Morgan fingerprint density at radius 2 is 1.48 bits per heavy atom. The van der Waals surface area contributed by atoms with E-state index in [2.05, 4.69) is 10.6 Å². The summed E-state index contributed by atoms with van der Waals surface area (Å²) >= 11 is 0. The third kappa shape index (κ3) is 6.77. The van der Waals surface area contributed by atoms with Crippen LogP contribution in [0.5, 0.6) is 5.75 Å². The Hall–Kier alpha value is -2.82. The number of hydrogen-bond acceptors (Lipinski definition) is 4. The number of methoxy groups -OCH3 is 1. The van der Waals surface area contributed by atoms with Gasteiger partial charge in [-0.25, -0.2) is 0 Å². The fourth-order valence-electron chi connectivity index (χ4n) is 2.87. The summed E-state index contributed by atoms with van der Waals surface area (Å²) < 4.78 is 5.10. The molecular formula is C22H28N2O3. The van der Waals surface area contributed by atoms with Gasteiger partial charge < -0.3 is 15.4 Å². The third-order valence-electron chi connectivity index (χ3n) is 4.44. The molecule has 0 atom stereocenters. The summed E-state index contributed by atoms with van der Waals surface area (Å²) in [5.41, 5.74) is 2.43. The lowest BCUT2D eigenvalue weighted by Crippen LogP contribution is -2.12. The smallest absolute Gasteiger partial charge is 0.224 e. The van der Waals surface area contributed by atoms with Crippen LogP contribution in [0, 0.1) is 0 Å². The monoisotopic (exact) mass is 368 g/mol. The number of ketones is 1. The number of ether oxygens (including phenoxy) is 1. The van der Waals surface area contributed by atoms with Crippen molar-refractivity contribution in [2.45, 2.75) is 38.5 Å². The number of benzene rings is 2. The number of rotatable bonds is 11.